The molecule has 1 heterocycles. The van der Waals surface area contributed by atoms with Gasteiger partial charge in [-0.3, -0.25) is 0 Å². The van der Waals surface area contributed by atoms with Gasteiger partial charge < -0.3 is 10.8 Å². The van der Waals surface area contributed by atoms with E-state index in [0.717, 1.165) is 12.8 Å². The van der Waals surface area contributed by atoms with E-state index in [1.54, 1.807) is 13.0 Å². The van der Waals surface area contributed by atoms with E-state index in [9.17, 15) is 13.5 Å². The summed E-state index contributed by atoms with van der Waals surface area (Å²) >= 11 is 5.90. The first-order chi connectivity index (χ1) is 9.37. The number of aliphatic hydroxyl groups is 1. The number of piperidine rings is 1. The van der Waals surface area contributed by atoms with Gasteiger partial charge in [0.25, 0.3) is 0 Å². The summed E-state index contributed by atoms with van der Waals surface area (Å²) < 4.78 is 26.9. The van der Waals surface area contributed by atoms with Gasteiger partial charge in [0.15, 0.2) is 0 Å². The van der Waals surface area contributed by atoms with Gasteiger partial charge in [-0.25, -0.2) is 8.42 Å². The van der Waals surface area contributed by atoms with Gasteiger partial charge in [-0.1, -0.05) is 18.0 Å². The Hall–Kier alpha value is -0.820. The molecular weight excluding hydrogens is 300 g/mol. The lowest BCUT2D eigenvalue weighted by Crippen LogP contribution is -2.45. The monoisotopic (exact) mass is 318 g/mol. The highest BCUT2D eigenvalue weighted by atomic mass is 35.5. The Morgan fingerprint density at radius 3 is 2.80 bits per heavy atom. The van der Waals surface area contributed by atoms with Crippen LogP contribution >= 0.6 is 11.6 Å². The Labute approximate surface area is 124 Å². The van der Waals surface area contributed by atoms with Crippen LogP contribution in [0.2, 0.25) is 5.02 Å². The minimum Gasteiger partial charge on any atom is -0.397 e. The van der Waals surface area contributed by atoms with Crippen LogP contribution in [0.4, 0.5) is 5.69 Å². The number of hydrogen-bond donors (Lipinski definition) is 2. The summed E-state index contributed by atoms with van der Waals surface area (Å²) in [6, 6.07) is 2.60. The molecule has 0 amide bonds. The van der Waals surface area contributed by atoms with Crippen molar-refractivity contribution in [3.05, 3.63) is 22.7 Å². The predicted molar refractivity (Wildman–Crippen MR) is 79.2 cm³/mol. The van der Waals surface area contributed by atoms with Crippen LogP contribution in [0.3, 0.4) is 0 Å². The molecule has 0 spiro atoms. The van der Waals surface area contributed by atoms with Crippen LogP contribution in [0.25, 0.3) is 0 Å². The fourth-order valence-corrected chi connectivity index (χ4v) is 4.69. The van der Waals surface area contributed by atoms with Gasteiger partial charge in [-0.05, 0) is 37.5 Å². The molecule has 5 nitrogen and oxygen atoms in total. The molecule has 0 aromatic heterocycles. The molecule has 7 heteroatoms. The number of aryl methyl sites for hydroxylation is 1. The van der Waals surface area contributed by atoms with Crippen LogP contribution in [0.1, 0.15) is 24.8 Å². The molecule has 0 saturated carbocycles. The highest BCUT2D eigenvalue weighted by Crippen LogP contribution is 2.31. The number of aliphatic hydroxyl groups excluding tert-OH is 1. The standard InChI is InChI=1S/C13H19ClN2O3S/c1-9-6-11(14)12(15)7-13(9)20(18,19)16-5-3-2-4-10(16)8-17/h6-7,10,17H,2-5,8,15H2,1H3. The predicted octanol–water partition coefficient (Wildman–Crippen LogP) is 1.77. The maximum absolute atomic E-state index is 12.8. The van der Waals surface area contributed by atoms with Crippen LogP contribution in [0.15, 0.2) is 17.0 Å². The molecule has 1 aliphatic heterocycles. The molecule has 1 saturated heterocycles. The van der Waals surface area contributed by atoms with Gasteiger partial charge in [0.05, 0.1) is 22.2 Å². The highest BCUT2D eigenvalue weighted by Gasteiger charge is 2.34. The zero-order chi connectivity index (χ0) is 14.9. The topological polar surface area (TPSA) is 83.6 Å². The van der Waals surface area contributed by atoms with Crippen LogP contribution in [-0.2, 0) is 10.0 Å². The first kappa shape index (κ1) is 15.6. The van der Waals surface area contributed by atoms with E-state index in [1.165, 1.54) is 10.4 Å². The number of nitrogen functional groups attached to an aromatic ring is 1. The fourth-order valence-electron chi connectivity index (χ4n) is 2.55. The Morgan fingerprint density at radius 2 is 2.15 bits per heavy atom. The third-order valence-corrected chi connectivity index (χ3v) is 6.09. The van der Waals surface area contributed by atoms with Crippen molar-refractivity contribution >= 4 is 27.3 Å². The zero-order valence-electron chi connectivity index (χ0n) is 11.3. The maximum Gasteiger partial charge on any atom is 0.243 e. The van der Waals surface area contributed by atoms with Crippen molar-refractivity contribution in [3.8, 4) is 0 Å². The largest absolute Gasteiger partial charge is 0.397 e. The van der Waals surface area contributed by atoms with Gasteiger partial charge in [0.2, 0.25) is 10.0 Å². The molecule has 0 radical (unpaired) electrons. The van der Waals surface area contributed by atoms with Gasteiger partial charge in [0.1, 0.15) is 0 Å². The molecule has 1 aromatic rings. The molecule has 1 unspecified atom stereocenters. The first-order valence-corrected chi connectivity index (χ1v) is 8.38. The zero-order valence-corrected chi connectivity index (χ0v) is 12.9. The molecule has 1 atom stereocenters. The van der Waals surface area contributed by atoms with Crippen molar-refractivity contribution in [1.29, 1.82) is 0 Å². The van der Waals surface area contributed by atoms with Crippen LogP contribution in [0, 0.1) is 6.92 Å². The number of nitrogens with two attached hydrogens (primary N) is 1. The number of nitrogens with zero attached hydrogens (tertiary/aromatic N) is 1. The summed E-state index contributed by atoms with van der Waals surface area (Å²) in [5.41, 5.74) is 6.52. The van der Waals surface area contributed by atoms with E-state index in [4.69, 9.17) is 17.3 Å². The van der Waals surface area contributed by atoms with Crippen molar-refractivity contribution in [2.45, 2.75) is 37.1 Å². The van der Waals surface area contributed by atoms with Crippen molar-refractivity contribution < 1.29 is 13.5 Å². The average Bonchev–Trinajstić information content (AvgIpc) is 2.42. The lowest BCUT2D eigenvalue weighted by molar-refractivity contribution is 0.155. The minimum absolute atomic E-state index is 0.165. The molecule has 1 aromatic carbocycles. The fraction of sp³-hybridized carbons (Fsp3) is 0.538. The Bertz CT molecular complexity index is 604. The van der Waals surface area contributed by atoms with Gasteiger partial charge in [-0.15, -0.1) is 0 Å². The summed E-state index contributed by atoms with van der Waals surface area (Å²) in [5, 5.41) is 9.73. The molecular formula is C13H19ClN2O3S. The van der Waals surface area contributed by atoms with Crippen molar-refractivity contribution in [2.24, 2.45) is 0 Å². The summed E-state index contributed by atoms with van der Waals surface area (Å²) in [6.07, 6.45) is 2.41. The quantitative estimate of drug-likeness (QED) is 0.832. The van der Waals surface area contributed by atoms with Crippen LogP contribution < -0.4 is 5.73 Å². The lowest BCUT2D eigenvalue weighted by atomic mass is 10.1. The SMILES string of the molecule is Cc1cc(Cl)c(N)cc1S(=O)(=O)N1CCCCC1CO. The van der Waals surface area contributed by atoms with E-state index in [-0.39, 0.29) is 23.2 Å². The second-order valence-electron chi connectivity index (χ2n) is 5.09. The molecule has 0 aliphatic carbocycles. The Balaban J connectivity index is 2.46. The number of rotatable bonds is 3. The van der Waals surface area contributed by atoms with Gasteiger partial charge in [-0.2, -0.15) is 4.31 Å². The van der Waals surface area contributed by atoms with Gasteiger partial charge in [0, 0.05) is 12.6 Å². The van der Waals surface area contributed by atoms with Crippen LogP contribution in [-0.4, -0.2) is 37.0 Å². The van der Waals surface area contributed by atoms with E-state index in [0.29, 0.717) is 23.6 Å². The Morgan fingerprint density at radius 1 is 1.45 bits per heavy atom. The van der Waals surface area contributed by atoms with E-state index < -0.39 is 10.0 Å². The molecule has 0 bridgehead atoms. The summed E-state index contributed by atoms with van der Waals surface area (Å²) in [4.78, 5) is 0.166. The molecule has 3 N–H and O–H groups in total. The maximum atomic E-state index is 12.8. The molecule has 1 aliphatic rings. The Kier molecular flexibility index (Phi) is 4.59. The molecule has 20 heavy (non-hydrogen) atoms. The molecule has 112 valence electrons. The van der Waals surface area contributed by atoms with Gasteiger partial charge >= 0.3 is 0 Å². The van der Waals surface area contributed by atoms with E-state index in [2.05, 4.69) is 0 Å². The summed E-state index contributed by atoms with van der Waals surface area (Å²) in [5.74, 6) is 0. The molecule has 1 fully saturated rings. The first-order valence-electron chi connectivity index (χ1n) is 6.56. The van der Waals surface area contributed by atoms with Crippen LogP contribution in [0.5, 0.6) is 0 Å². The van der Waals surface area contributed by atoms with Crippen molar-refractivity contribution in [1.82, 2.24) is 4.31 Å². The number of hydrogen-bond acceptors (Lipinski definition) is 4. The lowest BCUT2D eigenvalue weighted by Gasteiger charge is -2.33. The minimum atomic E-state index is -3.66. The third kappa shape index (κ3) is 2.79. The van der Waals surface area contributed by atoms with E-state index in [1.807, 2.05) is 0 Å². The number of sulfonamides is 1. The smallest absolute Gasteiger partial charge is 0.243 e. The van der Waals surface area contributed by atoms with E-state index >= 15 is 0 Å². The number of benzene rings is 1. The normalized spacial score (nSPS) is 21.1. The number of anilines is 1. The second kappa shape index (κ2) is 5.89. The third-order valence-electron chi connectivity index (χ3n) is 3.66. The highest BCUT2D eigenvalue weighted by molar-refractivity contribution is 7.89. The van der Waals surface area contributed by atoms with Crippen molar-refractivity contribution in [3.63, 3.8) is 0 Å². The summed E-state index contributed by atoms with van der Waals surface area (Å²) in [7, 11) is -3.66. The molecule has 2 rings (SSSR count). The number of halogens is 1. The average molecular weight is 319 g/mol. The summed E-state index contributed by atoms with van der Waals surface area (Å²) in [6.45, 7) is 1.95. The van der Waals surface area contributed by atoms with Crippen molar-refractivity contribution in [2.75, 3.05) is 18.9 Å². The second-order valence-corrected chi connectivity index (χ2v) is 7.35.